The minimum atomic E-state index is -0.324. The first kappa shape index (κ1) is 14.3. The molecule has 2 aromatic carbocycles. The molecule has 3 rings (SSSR count). The molecule has 0 amide bonds. The predicted octanol–water partition coefficient (Wildman–Crippen LogP) is 3.63. The molecule has 4 heteroatoms. The van der Waals surface area contributed by atoms with Gasteiger partial charge in [-0.3, -0.25) is 9.59 Å². The molecule has 0 radical (unpaired) electrons. The Hall–Kier alpha value is -2.62. The molecule has 1 N–H and O–H groups in total. The third-order valence-electron chi connectivity index (χ3n) is 3.50. The molecule has 0 saturated carbocycles. The Kier molecular flexibility index (Phi) is 3.67. The lowest BCUT2D eigenvalue weighted by Crippen LogP contribution is -2.13. The van der Waals surface area contributed by atoms with Crippen molar-refractivity contribution in [3.8, 4) is 5.75 Å². The summed E-state index contributed by atoms with van der Waals surface area (Å²) < 4.78 is 5.41. The minimum absolute atomic E-state index is 0.210. The molecule has 1 aromatic heterocycles. The fourth-order valence-electron chi connectivity index (χ4n) is 2.55. The zero-order valence-electron chi connectivity index (χ0n) is 12.6. The quantitative estimate of drug-likeness (QED) is 0.593. The SMILES string of the molecule is CC(C)CC(=O)Oc1cc(=O)[nH]c2c1ccc1ccccc12. The summed E-state index contributed by atoms with van der Waals surface area (Å²) in [7, 11) is 0. The Labute approximate surface area is 127 Å². The van der Waals surface area contributed by atoms with Gasteiger partial charge in [0.2, 0.25) is 0 Å². The molecule has 4 nitrogen and oxygen atoms in total. The summed E-state index contributed by atoms with van der Waals surface area (Å²) >= 11 is 0. The van der Waals surface area contributed by atoms with Gasteiger partial charge in [-0.1, -0.05) is 44.2 Å². The number of aromatic nitrogens is 1. The summed E-state index contributed by atoms with van der Waals surface area (Å²) in [5, 5.41) is 2.69. The first-order chi connectivity index (χ1) is 10.5. The van der Waals surface area contributed by atoms with Gasteiger partial charge >= 0.3 is 5.97 Å². The van der Waals surface area contributed by atoms with Crippen LogP contribution in [0.1, 0.15) is 20.3 Å². The van der Waals surface area contributed by atoms with Gasteiger partial charge in [-0.2, -0.15) is 0 Å². The molecule has 0 fully saturated rings. The van der Waals surface area contributed by atoms with Gasteiger partial charge in [0.1, 0.15) is 5.75 Å². The van der Waals surface area contributed by atoms with E-state index in [2.05, 4.69) is 4.98 Å². The molecule has 0 saturated heterocycles. The Morgan fingerprint density at radius 2 is 1.91 bits per heavy atom. The van der Waals surface area contributed by atoms with Crippen LogP contribution in [-0.4, -0.2) is 11.0 Å². The molecule has 0 unspecified atom stereocenters. The van der Waals surface area contributed by atoms with Crippen molar-refractivity contribution in [3.63, 3.8) is 0 Å². The van der Waals surface area contributed by atoms with Crippen molar-refractivity contribution < 1.29 is 9.53 Å². The van der Waals surface area contributed by atoms with E-state index in [1.165, 1.54) is 6.07 Å². The number of benzene rings is 2. The van der Waals surface area contributed by atoms with Crippen LogP contribution in [0.15, 0.2) is 47.3 Å². The largest absolute Gasteiger partial charge is 0.426 e. The van der Waals surface area contributed by atoms with E-state index >= 15 is 0 Å². The zero-order valence-corrected chi connectivity index (χ0v) is 12.6. The Morgan fingerprint density at radius 3 is 2.68 bits per heavy atom. The van der Waals surface area contributed by atoms with Crippen molar-refractivity contribution >= 4 is 27.6 Å². The second-order valence-corrected chi connectivity index (χ2v) is 5.78. The van der Waals surface area contributed by atoms with Gasteiger partial charge in [0.15, 0.2) is 0 Å². The van der Waals surface area contributed by atoms with Crippen LogP contribution in [0.3, 0.4) is 0 Å². The molecular weight excluding hydrogens is 278 g/mol. The fourth-order valence-corrected chi connectivity index (χ4v) is 2.55. The van der Waals surface area contributed by atoms with Gasteiger partial charge in [-0.05, 0) is 17.4 Å². The van der Waals surface area contributed by atoms with Gasteiger partial charge in [0.05, 0.1) is 5.52 Å². The van der Waals surface area contributed by atoms with Crippen LogP contribution in [0, 0.1) is 5.92 Å². The second kappa shape index (κ2) is 5.64. The number of carbonyl (C=O) groups excluding carboxylic acids is 1. The van der Waals surface area contributed by atoms with Crippen LogP contribution < -0.4 is 10.3 Å². The summed E-state index contributed by atoms with van der Waals surface area (Å²) in [6.07, 6.45) is 0.321. The number of rotatable bonds is 3. The number of carbonyl (C=O) groups is 1. The Bertz CT molecular complexity index is 909. The first-order valence-corrected chi connectivity index (χ1v) is 7.30. The highest BCUT2D eigenvalue weighted by Gasteiger charge is 2.12. The number of hydrogen-bond donors (Lipinski definition) is 1. The van der Waals surface area contributed by atoms with Crippen molar-refractivity contribution in [1.82, 2.24) is 4.98 Å². The summed E-state index contributed by atoms with van der Waals surface area (Å²) in [5.74, 6) is 0.201. The molecule has 22 heavy (non-hydrogen) atoms. The molecule has 1 heterocycles. The Balaban J connectivity index is 2.17. The monoisotopic (exact) mass is 295 g/mol. The van der Waals surface area contributed by atoms with Crippen molar-refractivity contribution in [2.45, 2.75) is 20.3 Å². The summed E-state index contributed by atoms with van der Waals surface area (Å²) in [4.78, 5) is 26.7. The lowest BCUT2D eigenvalue weighted by atomic mass is 10.1. The maximum Gasteiger partial charge on any atom is 0.311 e. The van der Waals surface area contributed by atoms with Crippen LogP contribution in [0.25, 0.3) is 21.7 Å². The number of esters is 1. The number of nitrogens with one attached hydrogen (secondary N) is 1. The van der Waals surface area contributed by atoms with Crippen molar-refractivity contribution in [1.29, 1.82) is 0 Å². The zero-order chi connectivity index (χ0) is 15.7. The van der Waals surface area contributed by atoms with E-state index in [0.717, 1.165) is 16.2 Å². The third-order valence-corrected chi connectivity index (χ3v) is 3.50. The van der Waals surface area contributed by atoms with E-state index in [4.69, 9.17) is 4.74 Å². The molecule has 3 aromatic rings. The standard InChI is InChI=1S/C18H17NO3/c1-11(2)9-17(21)22-15-10-16(20)19-18-13-6-4-3-5-12(13)7-8-14(15)18/h3-8,10-11H,9H2,1-2H3,(H,19,20). The minimum Gasteiger partial charge on any atom is -0.426 e. The molecule has 0 aliphatic rings. The highest BCUT2D eigenvalue weighted by molar-refractivity contribution is 6.07. The van der Waals surface area contributed by atoms with Gasteiger partial charge in [0, 0.05) is 23.3 Å². The smallest absolute Gasteiger partial charge is 0.311 e. The lowest BCUT2D eigenvalue weighted by Gasteiger charge is -2.10. The average Bonchev–Trinajstić information content (AvgIpc) is 2.46. The van der Waals surface area contributed by atoms with Crippen molar-refractivity contribution in [3.05, 3.63) is 52.8 Å². The first-order valence-electron chi connectivity index (χ1n) is 7.30. The van der Waals surface area contributed by atoms with E-state index in [1.54, 1.807) is 0 Å². The molecule has 0 spiro atoms. The fraction of sp³-hybridized carbons (Fsp3) is 0.222. The van der Waals surface area contributed by atoms with Crippen LogP contribution in [0.4, 0.5) is 0 Å². The van der Waals surface area contributed by atoms with Gasteiger partial charge in [-0.25, -0.2) is 0 Å². The van der Waals surface area contributed by atoms with Crippen LogP contribution >= 0.6 is 0 Å². The van der Waals surface area contributed by atoms with E-state index < -0.39 is 0 Å². The number of pyridine rings is 1. The molecular formula is C18H17NO3. The van der Waals surface area contributed by atoms with E-state index in [0.29, 0.717) is 17.7 Å². The van der Waals surface area contributed by atoms with E-state index in [9.17, 15) is 9.59 Å². The van der Waals surface area contributed by atoms with Crippen LogP contribution in [0.2, 0.25) is 0 Å². The normalized spacial score (nSPS) is 11.2. The number of hydrogen-bond acceptors (Lipinski definition) is 3. The molecule has 0 aliphatic heterocycles. The molecule has 0 aliphatic carbocycles. The van der Waals surface area contributed by atoms with Crippen LogP contribution in [-0.2, 0) is 4.79 Å². The maximum atomic E-state index is 11.9. The summed E-state index contributed by atoms with van der Waals surface area (Å²) in [6.45, 7) is 3.90. The van der Waals surface area contributed by atoms with Gasteiger partial charge in [-0.15, -0.1) is 0 Å². The third kappa shape index (κ3) is 2.72. The summed E-state index contributed by atoms with van der Waals surface area (Å²) in [5.41, 5.74) is 0.411. The highest BCUT2D eigenvalue weighted by atomic mass is 16.5. The lowest BCUT2D eigenvalue weighted by molar-refractivity contribution is -0.135. The number of aromatic amines is 1. The molecule has 0 bridgehead atoms. The number of fused-ring (bicyclic) bond motifs is 3. The number of ether oxygens (including phenoxy) is 1. The van der Waals surface area contributed by atoms with Gasteiger partial charge < -0.3 is 9.72 Å². The summed E-state index contributed by atoms with van der Waals surface area (Å²) in [6, 6.07) is 12.9. The second-order valence-electron chi connectivity index (χ2n) is 5.78. The topological polar surface area (TPSA) is 59.2 Å². The predicted molar refractivity (Wildman–Crippen MR) is 87.2 cm³/mol. The van der Waals surface area contributed by atoms with E-state index in [1.807, 2.05) is 50.2 Å². The maximum absolute atomic E-state index is 11.9. The highest BCUT2D eigenvalue weighted by Crippen LogP contribution is 2.29. The molecule has 0 atom stereocenters. The van der Waals surface area contributed by atoms with Crippen LogP contribution in [0.5, 0.6) is 5.75 Å². The average molecular weight is 295 g/mol. The molecule has 112 valence electrons. The van der Waals surface area contributed by atoms with E-state index in [-0.39, 0.29) is 17.4 Å². The number of H-pyrrole nitrogens is 1. The van der Waals surface area contributed by atoms with Gasteiger partial charge in [0.25, 0.3) is 5.56 Å². The Morgan fingerprint density at radius 1 is 1.14 bits per heavy atom. The van der Waals surface area contributed by atoms with Crippen molar-refractivity contribution in [2.75, 3.05) is 0 Å². The van der Waals surface area contributed by atoms with Crippen molar-refractivity contribution in [2.24, 2.45) is 5.92 Å².